The summed E-state index contributed by atoms with van der Waals surface area (Å²) in [5, 5.41) is 3.03. The van der Waals surface area contributed by atoms with Crippen molar-refractivity contribution in [3.05, 3.63) is 27.6 Å². The molecular formula is C12H15FINO3. The zero-order valence-corrected chi connectivity index (χ0v) is 12.2. The highest BCUT2D eigenvalue weighted by molar-refractivity contribution is 14.1. The summed E-state index contributed by atoms with van der Waals surface area (Å²) in [6.07, 6.45) is 0. The molecule has 0 saturated heterocycles. The lowest BCUT2D eigenvalue weighted by Gasteiger charge is -2.09. The van der Waals surface area contributed by atoms with Crippen LogP contribution in [0.1, 0.15) is 6.92 Å². The second kappa shape index (κ2) is 8.25. The Morgan fingerprint density at radius 2 is 2.28 bits per heavy atom. The standard InChI is InChI=1S/C12H15FINO3/c1-2-18-11(16)8-17-7-6-15-10-5-3-4-9(13)12(10)14/h3-5,15H,2,6-8H2,1H3. The van der Waals surface area contributed by atoms with E-state index >= 15 is 0 Å². The molecule has 18 heavy (non-hydrogen) atoms. The summed E-state index contributed by atoms with van der Waals surface area (Å²) < 4.78 is 23.6. The Morgan fingerprint density at radius 1 is 1.50 bits per heavy atom. The summed E-state index contributed by atoms with van der Waals surface area (Å²) in [4.78, 5) is 11.0. The number of benzene rings is 1. The third-order valence-electron chi connectivity index (χ3n) is 2.04. The summed E-state index contributed by atoms with van der Waals surface area (Å²) in [6.45, 7) is 2.88. The van der Waals surface area contributed by atoms with Crippen LogP contribution in [0.15, 0.2) is 18.2 Å². The van der Waals surface area contributed by atoms with Gasteiger partial charge in [0.2, 0.25) is 0 Å². The molecule has 0 saturated carbocycles. The Balaban J connectivity index is 2.22. The highest BCUT2D eigenvalue weighted by Gasteiger charge is 2.04. The third kappa shape index (κ3) is 5.18. The average Bonchev–Trinajstić information content (AvgIpc) is 2.34. The molecule has 0 aliphatic carbocycles. The van der Waals surface area contributed by atoms with Gasteiger partial charge in [-0.1, -0.05) is 6.07 Å². The normalized spacial score (nSPS) is 10.2. The zero-order chi connectivity index (χ0) is 13.4. The Kier molecular flexibility index (Phi) is 6.96. The molecule has 1 aromatic rings. The summed E-state index contributed by atoms with van der Waals surface area (Å²) in [7, 11) is 0. The van der Waals surface area contributed by atoms with Gasteiger partial charge in [0, 0.05) is 6.54 Å². The van der Waals surface area contributed by atoms with Crippen molar-refractivity contribution in [2.24, 2.45) is 0 Å². The molecule has 0 unspecified atom stereocenters. The van der Waals surface area contributed by atoms with E-state index < -0.39 is 0 Å². The lowest BCUT2D eigenvalue weighted by atomic mass is 10.3. The number of carbonyl (C=O) groups is 1. The molecule has 0 atom stereocenters. The maximum atomic E-state index is 13.2. The van der Waals surface area contributed by atoms with Crippen LogP contribution in [0.4, 0.5) is 10.1 Å². The second-order valence-corrected chi connectivity index (χ2v) is 4.46. The first kappa shape index (κ1) is 15.2. The Hall–Kier alpha value is -0.890. The smallest absolute Gasteiger partial charge is 0.332 e. The maximum absolute atomic E-state index is 13.2. The molecule has 0 amide bonds. The number of halogens is 2. The van der Waals surface area contributed by atoms with E-state index in [1.165, 1.54) is 6.07 Å². The molecule has 0 spiro atoms. The monoisotopic (exact) mass is 367 g/mol. The van der Waals surface area contributed by atoms with Crippen molar-refractivity contribution in [2.45, 2.75) is 6.92 Å². The number of anilines is 1. The summed E-state index contributed by atoms with van der Waals surface area (Å²) >= 11 is 1.94. The molecule has 0 aromatic heterocycles. The predicted molar refractivity (Wildman–Crippen MR) is 75.1 cm³/mol. The molecule has 0 bridgehead atoms. The average molecular weight is 367 g/mol. The fourth-order valence-corrected chi connectivity index (χ4v) is 1.81. The minimum Gasteiger partial charge on any atom is -0.464 e. The van der Waals surface area contributed by atoms with Crippen molar-refractivity contribution in [3.63, 3.8) is 0 Å². The first-order chi connectivity index (χ1) is 8.65. The van der Waals surface area contributed by atoms with Crippen molar-refractivity contribution < 1.29 is 18.7 Å². The topological polar surface area (TPSA) is 47.6 Å². The molecule has 0 heterocycles. The highest BCUT2D eigenvalue weighted by Crippen LogP contribution is 2.20. The molecule has 1 N–H and O–H groups in total. The lowest BCUT2D eigenvalue weighted by molar-refractivity contribution is -0.148. The van der Waals surface area contributed by atoms with Crippen LogP contribution in [0, 0.1) is 9.39 Å². The van der Waals surface area contributed by atoms with Gasteiger partial charge in [0.05, 0.1) is 22.5 Å². The molecule has 1 aromatic carbocycles. The summed E-state index contributed by atoms with van der Waals surface area (Å²) in [6, 6.07) is 4.83. The molecule has 0 radical (unpaired) electrons. The molecule has 6 heteroatoms. The summed E-state index contributed by atoms with van der Waals surface area (Å²) in [5.74, 6) is -0.633. The van der Waals surface area contributed by atoms with Gasteiger partial charge >= 0.3 is 5.97 Å². The number of esters is 1. The van der Waals surface area contributed by atoms with Crippen molar-refractivity contribution in [2.75, 3.05) is 31.7 Å². The van der Waals surface area contributed by atoms with Crippen molar-refractivity contribution in [3.8, 4) is 0 Å². The van der Waals surface area contributed by atoms with Gasteiger partial charge in [-0.3, -0.25) is 0 Å². The van der Waals surface area contributed by atoms with Crippen LogP contribution >= 0.6 is 22.6 Å². The Labute approximate surface area is 119 Å². The number of ether oxygens (including phenoxy) is 2. The van der Waals surface area contributed by atoms with Crippen molar-refractivity contribution in [1.82, 2.24) is 0 Å². The van der Waals surface area contributed by atoms with Crippen molar-refractivity contribution in [1.29, 1.82) is 0 Å². The maximum Gasteiger partial charge on any atom is 0.332 e. The van der Waals surface area contributed by atoms with Gasteiger partial charge in [-0.2, -0.15) is 0 Å². The first-order valence-corrected chi connectivity index (χ1v) is 6.64. The fourth-order valence-electron chi connectivity index (χ4n) is 1.26. The number of hydrogen-bond donors (Lipinski definition) is 1. The van der Waals surface area contributed by atoms with Crippen LogP contribution in [0.25, 0.3) is 0 Å². The minimum absolute atomic E-state index is 0.0598. The van der Waals surface area contributed by atoms with Crippen LogP contribution in [-0.4, -0.2) is 32.3 Å². The predicted octanol–water partition coefficient (Wildman–Crippen LogP) is 2.42. The van der Waals surface area contributed by atoms with Gasteiger partial charge in [0.15, 0.2) is 0 Å². The van der Waals surface area contributed by atoms with Crippen LogP contribution < -0.4 is 5.32 Å². The van der Waals surface area contributed by atoms with Crippen LogP contribution in [0.5, 0.6) is 0 Å². The molecule has 1 rings (SSSR count). The molecule has 0 aliphatic rings. The fraction of sp³-hybridized carbons (Fsp3) is 0.417. The van der Waals surface area contributed by atoms with E-state index in [1.807, 2.05) is 22.6 Å². The van der Waals surface area contributed by atoms with Crippen LogP contribution in [-0.2, 0) is 14.3 Å². The third-order valence-corrected chi connectivity index (χ3v) is 3.14. The number of hydrogen-bond acceptors (Lipinski definition) is 4. The minimum atomic E-state index is -0.377. The van der Waals surface area contributed by atoms with Gasteiger partial charge in [0.25, 0.3) is 0 Å². The second-order valence-electron chi connectivity index (χ2n) is 3.39. The van der Waals surface area contributed by atoms with Crippen LogP contribution in [0.2, 0.25) is 0 Å². The van der Waals surface area contributed by atoms with E-state index in [1.54, 1.807) is 19.1 Å². The van der Waals surface area contributed by atoms with Gasteiger partial charge in [-0.25, -0.2) is 9.18 Å². The van der Waals surface area contributed by atoms with E-state index in [0.29, 0.717) is 23.3 Å². The lowest BCUT2D eigenvalue weighted by Crippen LogP contribution is -2.17. The highest BCUT2D eigenvalue weighted by atomic mass is 127. The summed E-state index contributed by atoms with van der Waals surface area (Å²) in [5.41, 5.74) is 0.718. The SMILES string of the molecule is CCOC(=O)COCCNc1cccc(F)c1I. The number of carbonyl (C=O) groups excluding carboxylic acids is 1. The molecule has 4 nitrogen and oxygen atoms in total. The van der Waals surface area contributed by atoms with E-state index in [-0.39, 0.29) is 18.4 Å². The number of nitrogens with one attached hydrogen (secondary N) is 1. The molecule has 0 aliphatic heterocycles. The van der Waals surface area contributed by atoms with E-state index in [2.05, 4.69) is 5.32 Å². The van der Waals surface area contributed by atoms with Gasteiger partial charge in [0.1, 0.15) is 12.4 Å². The zero-order valence-electron chi connectivity index (χ0n) is 10.0. The Bertz CT molecular complexity index is 401. The van der Waals surface area contributed by atoms with Crippen molar-refractivity contribution >= 4 is 34.2 Å². The molecular weight excluding hydrogens is 352 g/mol. The quantitative estimate of drug-likeness (QED) is 0.457. The van der Waals surface area contributed by atoms with E-state index in [4.69, 9.17) is 9.47 Å². The van der Waals surface area contributed by atoms with Gasteiger partial charge in [-0.15, -0.1) is 0 Å². The molecule has 0 fully saturated rings. The first-order valence-electron chi connectivity index (χ1n) is 5.56. The number of rotatable bonds is 7. The largest absolute Gasteiger partial charge is 0.464 e. The van der Waals surface area contributed by atoms with Crippen LogP contribution in [0.3, 0.4) is 0 Å². The van der Waals surface area contributed by atoms with E-state index in [9.17, 15) is 9.18 Å². The molecule has 100 valence electrons. The van der Waals surface area contributed by atoms with Gasteiger partial charge < -0.3 is 14.8 Å². The van der Waals surface area contributed by atoms with E-state index in [0.717, 1.165) is 5.69 Å². The Morgan fingerprint density at radius 3 is 3.00 bits per heavy atom. The van der Waals surface area contributed by atoms with Gasteiger partial charge in [-0.05, 0) is 41.6 Å².